The number of allylic oxidation sites excluding steroid dienone is 3. The Bertz CT molecular complexity index is 948. The van der Waals surface area contributed by atoms with Gasteiger partial charge < -0.3 is 14.9 Å². The van der Waals surface area contributed by atoms with E-state index in [1.54, 1.807) is 0 Å². The molecular formula is C24H29F3O6. The number of ketones is 1. The summed E-state index contributed by atoms with van der Waals surface area (Å²) in [7, 11) is 0. The number of ether oxygens (including phenoxy) is 1. The lowest BCUT2D eigenvalue weighted by Gasteiger charge is -2.62. The van der Waals surface area contributed by atoms with E-state index in [9.17, 15) is 19.5 Å². The van der Waals surface area contributed by atoms with Gasteiger partial charge in [-0.15, -0.1) is 0 Å². The lowest BCUT2D eigenvalue weighted by atomic mass is 9.44. The summed E-state index contributed by atoms with van der Waals surface area (Å²) in [4.78, 5) is 34.9. The van der Waals surface area contributed by atoms with Crippen LogP contribution in [0.1, 0.15) is 58.8 Å². The Balaban J connectivity index is 1.72. The van der Waals surface area contributed by atoms with Crippen LogP contribution in [-0.4, -0.2) is 51.7 Å². The molecule has 2 unspecified atom stereocenters. The summed E-state index contributed by atoms with van der Waals surface area (Å²) in [6.45, 7) is 3.51. The van der Waals surface area contributed by atoms with E-state index in [1.807, 2.05) is 0 Å². The number of esters is 1. The van der Waals surface area contributed by atoms with Gasteiger partial charge in [0.1, 0.15) is 5.67 Å². The second-order valence-corrected chi connectivity index (χ2v) is 10.5. The molecule has 0 aromatic carbocycles. The number of carboxylic acids is 1. The lowest BCUT2D eigenvalue weighted by molar-refractivity contribution is -0.202. The van der Waals surface area contributed by atoms with Crippen LogP contribution in [0.2, 0.25) is 0 Å². The molecule has 0 radical (unpaired) electrons. The van der Waals surface area contributed by atoms with Crippen LogP contribution in [0.3, 0.4) is 0 Å². The maximum Gasteiger partial charge on any atom is 0.333 e. The van der Waals surface area contributed by atoms with E-state index in [4.69, 9.17) is 5.11 Å². The molecule has 3 saturated carbocycles. The van der Waals surface area contributed by atoms with E-state index in [0.717, 1.165) is 18.9 Å². The van der Waals surface area contributed by atoms with E-state index in [-0.39, 0.29) is 17.8 Å². The molecule has 0 saturated heterocycles. The van der Waals surface area contributed by atoms with Gasteiger partial charge >= 0.3 is 11.9 Å². The fraction of sp³-hybridized carbons (Fsp3) is 0.708. The van der Waals surface area contributed by atoms with Crippen molar-refractivity contribution in [3.63, 3.8) is 0 Å². The Hall–Kier alpha value is -2.16. The fourth-order valence-corrected chi connectivity index (χ4v) is 6.92. The Kier molecular flexibility index (Phi) is 5.58. The molecule has 6 nitrogen and oxygen atoms in total. The first kappa shape index (κ1) is 24.0. The number of carbonyl (C=O) groups excluding carboxylic acids is 2. The molecular weight excluding hydrogens is 441 g/mol. The van der Waals surface area contributed by atoms with E-state index >= 15 is 13.2 Å². The highest BCUT2D eigenvalue weighted by Gasteiger charge is 2.72. The molecule has 9 heteroatoms. The number of halogens is 3. The Morgan fingerprint density at radius 2 is 1.91 bits per heavy atom. The molecule has 4 rings (SSSR count). The van der Waals surface area contributed by atoms with Gasteiger partial charge in [0.2, 0.25) is 0 Å². The maximum atomic E-state index is 16.9. The molecule has 0 bridgehead atoms. The summed E-state index contributed by atoms with van der Waals surface area (Å²) in [6, 6.07) is 0. The number of rotatable bonds is 5. The van der Waals surface area contributed by atoms with Crippen molar-refractivity contribution in [1.29, 1.82) is 0 Å². The highest BCUT2D eigenvalue weighted by atomic mass is 19.2. The normalized spacial score (nSPS) is 43.6. The van der Waals surface area contributed by atoms with Crippen LogP contribution in [-0.2, 0) is 19.1 Å². The number of hydrogen-bond donors (Lipinski definition) is 2. The summed E-state index contributed by atoms with van der Waals surface area (Å²) in [5, 5.41) is 18.1. The van der Waals surface area contributed by atoms with Gasteiger partial charge in [0.05, 0.1) is 6.42 Å². The number of aliphatic hydroxyl groups is 1. The first-order chi connectivity index (χ1) is 15.3. The average Bonchev–Trinajstić information content (AvgIpc) is 3.13. The molecule has 3 fully saturated rings. The van der Waals surface area contributed by atoms with Gasteiger partial charge in [-0.05, 0) is 68.1 Å². The predicted octanol–water partition coefficient (Wildman–Crippen LogP) is 3.77. The summed E-state index contributed by atoms with van der Waals surface area (Å²) in [6.07, 6.45) is -0.148. The molecule has 0 aromatic heterocycles. The third-order valence-electron chi connectivity index (χ3n) is 8.79. The number of carboxylic acid groups (broad SMARTS) is 1. The highest BCUT2D eigenvalue weighted by Crippen LogP contribution is 2.70. The SMILES string of the molecule is C[C@@]12CCC[C@H]1[C@@H]1C[C@](F)(C(F)OC(=O)CC(O)C(=O)O)C3=CC(=O)C=C[C@]3(C)[C@@]1(F)CC2. The van der Waals surface area contributed by atoms with Crippen molar-refractivity contribution in [2.45, 2.75) is 82.6 Å². The summed E-state index contributed by atoms with van der Waals surface area (Å²) in [5.74, 6) is -4.82. The molecule has 0 amide bonds. The van der Waals surface area contributed by atoms with Crippen molar-refractivity contribution < 1.29 is 42.5 Å². The van der Waals surface area contributed by atoms with Gasteiger partial charge in [-0.25, -0.2) is 13.6 Å². The Labute approximate surface area is 189 Å². The zero-order valence-corrected chi connectivity index (χ0v) is 18.7. The van der Waals surface area contributed by atoms with Crippen LogP contribution in [0, 0.1) is 22.7 Å². The van der Waals surface area contributed by atoms with Crippen molar-refractivity contribution in [2.75, 3.05) is 0 Å². The zero-order chi connectivity index (χ0) is 24.4. The lowest BCUT2D eigenvalue weighted by Crippen LogP contribution is -2.66. The largest absolute Gasteiger partial charge is 0.479 e. The van der Waals surface area contributed by atoms with Gasteiger partial charge in [-0.1, -0.05) is 19.4 Å². The molecule has 0 aromatic rings. The smallest absolute Gasteiger partial charge is 0.333 e. The zero-order valence-electron chi connectivity index (χ0n) is 18.7. The molecule has 0 aliphatic heterocycles. The molecule has 4 aliphatic carbocycles. The van der Waals surface area contributed by atoms with E-state index in [1.165, 1.54) is 19.1 Å². The van der Waals surface area contributed by atoms with Crippen LogP contribution in [0.4, 0.5) is 13.2 Å². The minimum atomic E-state index is -2.97. The van der Waals surface area contributed by atoms with E-state index in [2.05, 4.69) is 11.7 Å². The van der Waals surface area contributed by atoms with Gasteiger partial charge in [0.15, 0.2) is 17.6 Å². The highest BCUT2D eigenvalue weighted by molar-refractivity contribution is 6.01. The predicted molar refractivity (Wildman–Crippen MR) is 110 cm³/mol. The van der Waals surface area contributed by atoms with Crippen molar-refractivity contribution in [2.24, 2.45) is 22.7 Å². The number of fused-ring (bicyclic) bond motifs is 5. The molecule has 0 heterocycles. The molecule has 182 valence electrons. The van der Waals surface area contributed by atoms with Crippen LogP contribution in [0.15, 0.2) is 23.8 Å². The van der Waals surface area contributed by atoms with Crippen LogP contribution in [0.5, 0.6) is 0 Å². The van der Waals surface area contributed by atoms with Gasteiger partial charge in [-0.3, -0.25) is 9.59 Å². The minimum absolute atomic E-state index is 0.147. The summed E-state index contributed by atoms with van der Waals surface area (Å²) >= 11 is 0. The third-order valence-corrected chi connectivity index (χ3v) is 8.79. The van der Waals surface area contributed by atoms with Crippen molar-refractivity contribution in [3.8, 4) is 0 Å². The topological polar surface area (TPSA) is 101 Å². The number of hydrogen-bond acceptors (Lipinski definition) is 5. The number of aliphatic hydroxyl groups excluding tert-OH is 1. The quantitative estimate of drug-likeness (QED) is 0.594. The average molecular weight is 470 g/mol. The second-order valence-electron chi connectivity index (χ2n) is 10.5. The molecule has 8 atom stereocenters. The number of carbonyl (C=O) groups is 3. The first-order valence-corrected chi connectivity index (χ1v) is 11.3. The van der Waals surface area contributed by atoms with Crippen molar-refractivity contribution in [1.82, 2.24) is 0 Å². The first-order valence-electron chi connectivity index (χ1n) is 11.3. The van der Waals surface area contributed by atoms with Crippen molar-refractivity contribution >= 4 is 17.7 Å². The number of aliphatic carboxylic acids is 1. The summed E-state index contributed by atoms with van der Waals surface area (Å²) in [5.41, 5.74) is -7.08. The minimum Gasteiger partial charge on any atom is -0.479 e. The van der Waals surface area contributed by atoms with E-state index in [0.29, 0.717) is 12.8 Å². The van der Waals surface area contributed by atoms with Crippen molar-refractivity contribution in [3.05, 3.63) is 23.8 Å². The maximum absolute atomic E-state index is 16.9. The standard InChI is InChI=1S/C24H29F3O6/c1-21-6-3-4-14(21)15-12-23(26,20(25)33-18(30)11-16(29)19(31)32)17-10-13(28)5-7-22(17,2)24(15,27)9-8-21/h5,7,10,14-16,20,29H,3-4,6,8-9,11-12H2,1-2H3,(H,31,32)/t14-,15-,16?,20?,21-,22-,23+,24+/m0/s1. The van der Waals surface area contributed by atoms with Gasteiger partial charge in [0, 0.05) is 11.3 Å². The van der Waals surface area contributed by atoms with Crippen LogP contribution < -0.4 is 0 Å². The Morgan fingerprint density at radius 3 is 2.58 bits per heavy atom. The summed E-state index contributed by atoms with van der Waals surface area (Å²) < 4.78 is 53.6. The van der Waals surface area contributed by atoms with Gasteiger partial charge in [0.25, 0.3) is 6.36 Å². The molecule has 2 N–H and O–H groups in total. The molecule has 0 spiro atoms. The monoisotopic (exact) mass is 470 g/mol. The molecule has 4 aliphatic rings. The van der Waals surface area contributed by atoms with Crippen LogP contribution >= 0.6 is 0 Å². The van der Waals surface area contributed by atoms with Gasteiger partial charge in [-0.2, -0.15) is 4.39 Å². The second kappa shape index (κ2) is 7.68. The fourth-order valence-electron chi connectivity index (χ4n) is 6.92. The number of alkyl halides is 3. The van der Waals surface area contributed by atoms with E-state index < -0.39 is 71.3 Å². The Morgan fingerprint density at radius 1 is 1.21 bits per heavy atom. The third kappa shape index (κ3) is 3.45. The molecule has 33 heavy (non-hydrogen) atoms. The van der Waals surface area contributed by atoms with Crippen LogP contribution in [0.25, 0.3) is 0 Å².